The van der Waals surface area contributed by atoms with Crippen LogP contribution in [0, 0.1) is 20.8 Å². The van der Waals surface area contributed by atoms with Crippen molar-refractivity contribution in [2.75, 3.05) is 33.9 Å². The van der Waals surface area contributed by atoms with E-state index in [1.54, 1.807) is 24.1 Å². The van der Waals surface area contributed by atoms with E-state index in [0.29, 0.717) is 48.7 Å². The van der Waals surface area contributed by atoms with Crippen molar-refractivity contribution in [3.8, 4) is 23.0 Å². The van der Waals surface area contributed by atoms with Crippen LogP contribution in [0.25, 0.3) is 0 Å². The van der Waals surface area contributed by atoms with Gasteiger partial charge in [-0.1, -0.05) is 12.1 Å². The van der Waals surface area contributed by atoms with Gasteiger partial charge in [-0.15, -0.1) is 0 Å². The molecule has 1 amide bonds. The third-order valence-corrected chi connectivity index (χ3v) is 6.84. The largest absolute Gasteiger partial charge is 0.493 e. The van der Waals surface area contributed by atoms with Gasteiger partial charge >= 0.3 is 0 Å². The van der Waals surface area contributed by atoms with Crippen LogP contribution in [-0.2, 0) is 4.79 Å². The molecule has 2 aliphatic rings. The van der Waals surface area contributed by atoms with Crippen molar-refractivity contribution in [2.24, 2.45) is 0 Å². The molecule has 0 unspecified atom stereocenters. The number of rotatable bonds is 5. The normalized spacial score (nSPS) is 16.8. The second-order valence-corrected chi connectivity index (χ2v) is 8.89. The van der Waals surface area contributed by atoms with E-state index in [-0.39, 0.29) is 24.7 Å². The molecule has 176 valence electrons. The number of nitrogens with zero attached hydrogens (tertiary/aromatic N) is 1. The minimum Gasteiger partial charge on any atom is -0.493 e. The van der Waals surface area contributed by atoms with E-state index in [4.69, 9.17) is 18.9 Å². The summed E-state index contributed by atoms with van der Waals surface area (Å²) in [6.45, 7) is 7.01. The zero-order valence-electron chi connectivity index (χ0n) is 19.9. The maximum Gasteiger partial charge on any atom is 0.260 e. The number of benzene rings is 2. The Bertz CT molecular complexity index is 1080. The van der Waals surface area contributed by atoms with Gasteiger partial charge in [0.1, 0.15) is 11.4 Å². The molecule has 7 heteroatoms. The molecule has 33 heavy (non-hydrogen) atoms. The SMILES string of the molecule is COc1ccc2c(c1OC)OC1(CCN(C(=O)COc3c(C)ccc(C)c3C)CC1)CC2=O. The van der Waals surface area contributed by atoms with E-state index in [9.17, 15) is 9.59 Å². The van der Waals surface area contributed by atoms with Gasteiger partial charge in [-0.2, -0.15) is 0 Å². The predicted octanol–water partition coefficient (Wildman–Crippen LogP) is 4.03. The number of Topliss-reactive ketones (excluding diaryl/α,β-unsaturated/α-hetero) is 1. The van der Waals surface area contributed by atoms with Crippen molar-refractivity contribution >= 4 is 11.7 Å². The summed E-state index contributed by atoms with van der Waals surface area (Å²) in [7, 11) is 3.09. The number of fused-ring (bicyclic) bond motifs is 1. The van der Waals surface area contributed by atoms with Crippen molar-refractivity contribution in [2.45, 2.75) is 45.6 Å². The maximum absolute atomic E-state index is 12.9. The second-order valence-electron chi connectivity index (χ2n) is 8.89. The molecular formula is C26H31NO6. The van der Waals surface area contributed by atoms with Gasteiger partial charge in [-0.25, -0.2) is 0 Å². The van der Waals surface area contributed by atoms with Crippen molar-refractivity contribution in [3.63, 3.8) is 0 Å². The average molecular weight is 454 g/mol. The summed E-state index contributed by atoms with van der Waals surface area (Å²) in [6.07, 6.45) is 1.41. The van der Waals surface area contributed by atoms with Crippen LogP contribution in [0.1, 0.15) is 46.3 Å². The molecule has 0 atom stereocenters. The van der Waals surface area contributed by atoms with Crippen LogP contribution in [0.2, 0.25) is 0 Å². The fourth-order valence-electron chi connectivity index (χ4n) is 4.68. The summed E-state index contributed by atoms with van der Waals surface area (Å²) >= 11 is 0. The monoisotopic (exact) mass is 453 g/mol. The summed E-state index contributed by atoms with van der Waals surface area (Å²) in [5, 5.41) is 0. The number of likely N-dealkylation sites (tertiary alicyclic amines) is 1. The van der Waals surface area contributed by atoms with Crippen molar-refractivity contribution in [1.82, 2.24) is 4.90 Å². The first-order valence-corrected chi connectivity index (χ1v) is 11.2. The highest BCUT2D eigenvalue weighted by Gasteiger charge is 2.45. The Hall–Kier alpha value is -3.22. The van der Waals surface area contributed by atoms with Crippen molar-refractivity contribution < 1.29 is 28.5 Å². The third kappa shape index (κ3) is 4.24. The van der Waals surface area contributed by atoms with Gasteiger partial charge in [-0.3, -0.25) is 9.59 Å². The molecule has 2 aromatic carbocycles. The highest BCUT2D eigenvalue weighted by Crippen LogP contribution is 2.47. The lowest BCUT2D eigenvalue weighted by Crippen LogP contribution is -2.53. The number of amides is 1. The Morgan fingerprint density at radius 3 is 2.36 bits per heavy atom. The minimum absolute atomic E-state index is 0.00816. The number of ether oxygens (including phenoxy) is 4. The lowest BCUT2D eigenvalue weighted by atomic mass is 9.82. The number of carbonyl (C=O) groups excluding carboxylic acids is 2. The summed E-state index contributed by atoms with van der Waals surface area (Å²) in [5.74, 6) is 2.11. The van der Waals surface area contributed by atoms with Crippen LogP contribution in [0.15, 0.2) is 24.3 Å². The number of aryl methyl sites for hydroxylation is 2. The Labute approximate surface area is 194 Å². The Morgan fingerprint density at radius 2 is 1.70 bits per heavy atom. The molecule has 0 radical (unpaired) electrons. The highest BCUT2D eigenvalue weighted by atomic mass is 16.5. The van der Waals surface area contributed by atoms with Gasteiger partial charge in [-0.05, 0) is 49.6 Å². The molecule has 7 nitrogen and oxygen atoms in total. The lowest BCUT2D eigenvalue weighted by Gasteiger charge is -2.44. The predicted molar refractivity (Wildman–Crippen MR) is 124 cm³/mol. The Morgan fingerprint density at radius 1 is 1.00 bits per heavy atom. The molecule has 0 aliphatic carbocycles. The molecular weight excluding hydrogens is 422 g/mol. The standard InChI is InChI=1S/C26H31NO6/c1-16-6-7-17(2)23(18(16)3)32-15-22(29)27-12-10-26(11-13-27)14-20(28)19-8-9-21(30-4)25(31-5)24(19)33-26/h6-9H,10-15H2,1-5H3. The number of piperidine rings is 1. The van der Waals surface area contributed by atoms with Gasteiger partial charge in [0, 0.05) is 25.9 Å². The molecule has 4 rings (SSSR count). The maximum atomic E-state index is 12.9. The summed E-state index contributed by atoms with van der Waals surface area (Å²) < 4.78 is 23.2. The zero-order valence-corrected chi connectivity index (χ0v) is 19.9. The zero-order chi connectivity index (χ0) is 23.8. The molecule has 0 aromatic heterocycles. The van der Waals surface area contributed by atoms with Gasteiger partial charge in [0.15, 0.2) is 23.9 Å². The van der Waals surface area contributed by atoms with E-state index in [1.807, 2.05) is 26.8 Å². The van der Waals surface area contributed by atoms with Crippen LogP contribution in [-0.4, -0.2) is 56.1 Å². The van der Waals surface area contributed by atoms with E-state index in [2.05, 4.69) is 6.07 Å². The van der Waals surface area contributed by atoms with E-state index in [1.165, 1.54) is 7.11 Å². The second kappa shape index (κ2) is 8.96. The van der Waals surface area contributed by atoms with Crippen LogP contribution >= 0.6 is 0 Å². The molecule has 0 saturated carbocycles. The third-order valence-electron chi connectivity index (χ3n) is 6.84. The quantitative estimate of drug-likeness (QED) is 0.681. The summed E-state index contributed by atoms with van der Waals surface area (Å²) in [6, 6.07) is 7.50. The van der Waals surface area contributed by atoms with Gasteiger partial charge in [0.2, 0.25) is 5.75 Å². The number of hydrogen-bond donors (Lipinski definition) is 0. The fraction of sp³-hybridized carbons (Fsp3) is 0.462. The first-order chi connectivity index (χ1) is 15.8. The molecule has 2 aliphatic heterocycles. The number of hydrogen-bond acceptors (Lipinski definition) is 6. The minimum atomic E-state index is -0.648. The Kier molecular flexibility index (Phi) is 6.23. The van der Waals surface area contributed by atoms with Crippen LogP contribution in [0.4, 0.5) is 0 Å². The summed E-state index contributed by atoms with van der Waals surface area (Å²) in [4.78, 5) is 27.6. The highest BCUT2D eigenvalue weighted by molar-refractivity contribution is 6.01. The van der Waals surface area contributed by atoms with E-state index in [0.717, 1.165) is 22.4 Å². The first kappa shape index (κ1) is 23.0. The van der Waals surface area contributed by atoms with Crippen LogP contribution < -0.4 is 18.9 Å². The molecule has 2 heterocycles. The number of carbonyl (C=O) groups is 2. The van der Waals surface area contributed by atoms with Gasteiger partial charge in [0.25, 0.3) is 5.91 Å². The first-order valence-electron chi connectivity index (χ1n) is 11.2. The van der Waals surface area contributed by atoms with Gasteiger partial charge in [0.05, 0.1) is 26.2 Å². The van der Waals surface area contributed by atoms with E-state index >= 15 is 0 Å². The smallest absolute Gasteiger partial charge is 0.260 e. The fourth-order valence-corrected chi connectivity index (χ4v) is 4.68. The summed E-state index contributed by atoms with van der Waals surface area (Å²) in [5.41, 5.74) is 3.06. The van der Waals surface area contributed by atoms with Crippen LogP contribution in [0.5, 0.6) is 23.0 Å². The molecule has 0 N–H and O–H groups in total. The Balaban J connectivity index is 1.43. The van der Waals surface area contributed by atoms with E-state index < -0.39 is 5.60 Å². The van der Waals surface area contributed by atoms with Crippen molar-refractivity contribution in [3.05, 3.63) is 46.5 Å². The molecule has 1 fully saturated rings. The number of ketones is 1. The van der Waals surface area contributed by atoms with Crippen LogP contribution in [0.3, 0.4) is 0 Å². The molecule has 0 bridgehead atoms. The van der Waals surface area contributed by atoms with Crippen molar-refractivity contribution in [1.29, 1.82) is 0 Å². The molecule has 2 aromatic rings. The number of methoxy groups -OCH3 is 2. The average Bonchev–Trinajstić information content (AvgIpc) is 2.81. The lowest BCUT2D eigenvalue weighted by molar-refractivity contribution is -0.137. The van der Waals surface area contributed by atoms with Gasteiger partial charge < -0.3 is 23.8 Å². The molecule has 1 spiro atoms. The topological polar surface area (TPSA) is 74.3 Å². The molecule has 1 saturated heterocycles.